The third-order valence-electron chi connectivity index (χ3n) is 4.78. The number of carbonyl (C=O) groups is 1. The van der Waals surface area contributed by atoms with Gasteiger partial charge in [0, 0.05) is 24.5 Å². The maximum absolute atomic E-state index is 12.5. The fourth-order valence-corrected chi connectivity index (χ4v) is 3.94. The Morgan fingerprint density at radius 1 is 1.03 bits per heavy atom. The van der Waals surface area contributed by atoms with E-state index in [4.69, 9.17) is 4.74 Å². The van der Waals surface area contributed by atoms with Crippen LogP contribution in [0.5, 0.6) is 5.75 Å². The number of hydrogen-bond acceptors (Lipinski definition) is 6. The van der Waals surface area contributed by atoms with Gasteiger partial charge in [-0.25, -0.2) is 0 Å². The van der Waals surface area contributed by atoms with Gasteiger partial charge in [-0.15, -0.1) is 10.2 Å². The standard InChI is InChI=1S/C24H23N5O2S/c1-31-21-11-5-9-19(13-21)14-26-22(30)17-32-24-28-27-23(20-10-6-12-25-15-20)29(24)16-18-7-3-2-4-8-18/h2-13,15H,14,16-17H2,1H3,(H,26,30). The fraction of sp³-hybridized carbons (Fsp3) is 0.167. The van der Waals surface area contributed by atoms with E-state index in [9.17, 15) is 4.79 Å². The topological polar surface area (TPSA) is 81.9 Å². The minimum atomic E-state index is -0.0741. The lowest BCUT2D eigenvalue weighted by atomic mass is 10.2. The zero-order valence-corrected chi connectivity index (χ0v) is 18.5. The van der Waals surface area contributed by atoms with Gasteiger partial charge in [0.15, 0.2) is 11.0 Å². The first kappa shape index (κ1) is 21.6. The molecule has 0 fully saturated rings. The highest BCUT2D eigenvalue weighted by molar-refractivity contribution is 7.99. The number of nitrogens with zero attached hydrogens (tertiary/aromatic N) is 4. The molecule has 2 heterocycles. The van der Waals surface area contributed by atoms with Gasteiger partial charge in [-0.2, -0.15) is 0 Å². The quantitative estimate of drug-likeness (QED) is 0.395. The van der Waals surface area contributed by atoms with Crippen molar-refractivity contribution in [3.63, 3.8) is 0 Å². The lowest BCUT2D eigenvalue weighted by molar-refractivity contribution is -0.118. The summed E-state index contributed by atoms with van der Waals surface area (Å²) in [4.78, 5) is 16.7. The molecule has 2 aromatic heterocycles. The molecule has 0 saturated heterocycles. The molecule has 1 amide bonds. The third kappa shape index (κ3) is 5.53. The van der Waals surface area contributed by atoms with Crippen molar-refractivity contribution in [3.8, 4) is 17.1 Å². The van der Waals surface area contributed by atoms with Gasteiger partial charge in [-0.05, 0) is 35.4 Å². The number of thioether (sulfide) groups is 1. The SMILES string of the molecule is COc1cccc(CNC(=O)CSc2nnc(-c3cccnc3)n2Cc2ccccc2)c1. The number of rotatable bonds is 9. The molecule has 0 saturated carbocycles. The highest BCUT2D eigenvalue weighted by Crippen LogP contribution is 2.24. The molecular weight excluding hydrogens is 422 g/mol. The minimum absolute atomic E-state index is 0.0741. The van der Waals surface area contributed by atoms with Gasteiger partial charge >= 0.3 is 0 Å². The molecule has 0 bridgehead atoms. The van der Waals surface area contributed by atoms with E-state index in [2.05, 4.69) is 32.6 Å². The van der Waals surface area contributed by atoms with Gasteiger partial charge in [-0.3, -0.25) is 14.3 Å². The van der Waals surface area contributed by atoms with Crippen LogP contribution < -0.4 is 10.1 Å². The van der Waals surface area contributed by atoms with E-state index in [0.29, 0.717) is 18.2 Å². The zero-order chi connectivity index (χ0) is 22.2. The van der Waals surface area contributed by atoms with Crippen LogP contribution in [0.4, 0.5) is 0 Å². The number of methoxy groups -OCH3 is 1. The van der Waals surface area contributed by atoms with Gasteiger partial charge in [0.05, 0.1) is 19.4 Å². The summed E-state index contributed by atoms with van der Waals surface area (Å²) in [6.07, 6.45) is 3.49. The van der Waals surface area contributed by atoms with Crippen molar-refractivity contribution in [1.82, 2.24) is 25.1 Å². The molecule has 0 aliphatic heterocycles. The second kappa shape index (κ2) is 10.6. The lowest BCUT2D eigenvalue weighted by Gasteiger charge is -2.11. The van der Waals surface area contributed by atoms with Crippen molar-refractivity contribution < 1.29 is 9.53 Å². The molecule has 0 radical (unpaired) electrons. The molecular formula is C24H23N5O2S. The van der Waals surface area contributed by atoms with Crippen LogP contribution in [-0.4, -0.2) is 38.5 Å². The molecule has 0 atom stereocenters. The van der Waals surface area contributed by atoms with Crippen LogP contribution in [0, 0.1) is 0 Å². The fourth-order valence-electron chi connectivity index (χ4n) is 3.18. The summed E-state index contributed by atoms with van der Waals surface area (Å²) in [6, 6.07) is 21.6. The smallest absolute Gasteiger partial charge is 0.230 e. The number of benzene rings is 2. The number of ether oxygens (including phenoxy) is 1. The van der Waals surface area contributed by atoms with E-state index in [0.717, 1.165) is 28.3 Å². The Morgan fingerprint density at radius 2 is 1.88 bits per heavy atom. The average Bonchev–Trinajstić information content (AvgIpc) is 3.25. The van der Waals surface area contributed by atoms with Crippen LogP contribution in [0.15, 0.2) is 84.3 Å². The van der Waals surface area contributed by atoms with Gasteiger partial charge in [0.2, 0.25) is 5.91 Å². The van der Waals surface area contributed by atoms with E-state index in [1.54, 1.807) is 19.5 Å². The number of nitrogens with one attached hydrogen (secondary N) is 1. The van der Waals surface area contributed by atoms with Crippen LogP contribution in [0.1, 0.15) is 11.1 Å². The highest BCUT2D eigenvalue weighted by Gasteiger charge is 2.16. The average molecular weight is 446 g/mol. The number of amides is 1. The maximum Gasteiger partial charge on any atom is 0.230 e. The van der Waals surface area contributed by atoms with Crippen LogP contribution in [0.3, 0.4) is 0 Å². The predicted octanol–water partition coefficient (Wildman–Crippen LogP) is 3.81. The summed E-state index contributed by atoms with van der Waals surface area (Å²) in [7, 11) is 1.62. The third-order valence-corrected chi connectivity index (χ3v) is 5.74. The Hall–Kier alpha value is -3.65. The van der Waals surface area contributed by atoms with Crippen LogP contribution in [-0.2, 0) is 17.9 Å². The summed E-state index contributed by atoms with van der Waals surface area (Å²) in [5.41, 5.74) is 2.99. The molecule has 0 unspecified atom stereocenters. The van der Waals surface area contributed by atoms with Crippen LogP contribution in [0.25, 0.3) is 11.4 Å². The van der Waals surface area contributed by atoms with Crippen LogP contribution >= 0.6 is 11.8 Å². The summed E-state index contributed by atoms with van der Waals surface area (Å²) in [5, 5.41) is 12.4. The maximum atomic E-state index is 12.5. The Bertz CT molecular complexity index is 1170. The second-order valence-electron chi connectivity index (χ2n) is 7.04. The summed E-state index contributed by atoms with van der Waals surface area (Å²) in [5.74, 6) is 1.66. The van der Waals surface area contributed by atoms with Crippen molar-refractivity contribution in [2.75, 3.05) is 12.9 Å². The molecule has 4 aromatic rings. The Kier molecular flexibility index (Phi) is 7.14. The minimum Gasteiger partial charge on any atom is -0.497 e. The van der Waals surface area contributed by atoms with Crippen LogP contribution in [0.2, 0.25) is 0 Å². The first-order valence-corrected chi connectivity index (χ1v) is 11.1. The van der Waals surface area contributed by atoms with Gasteiger partial charge in [0.25, 0.3) is 0 Å². The number of pyridine rings is 1. The summed E-state index contributed by atoms with van der Waals surface area (Å²) >= 11 is 1.36. The molecule has 2 aromatic carbocycles. The number of hydrogen-bond donors (Lipinski definition) is 1. The monoisotopic (exact) mass is 445 g/mol. The van der Waals surface area contributed by atoms with Crippen molar-refractivity contribution in [1.29, 1.82) is 0 Å². The molecule has 0 spiro atoms. The first-order valence-electron chi connectivity index (χ1n) is 10.1. The summed E-state index contributed by atoms with van der Waals surface area (Å²) < 4.78 is 7.25. The van der Waals surface area contributed by atoms with Gasteiger partial charge < -0.3 is 10.1 Å². The summed E-state index contributed by atoms with van der Waals surface area (Å²) in [6.45, 7) is 1.04. The molecule has 8 heteroatoms. The molecule has 32 heavy (non-hydrogen) atoms. The Balaban J connectivity index is 1.45. The molecule has 4 rings (SSSR count). The molecule has 0 aliphatic rings. The van der Waals surface area contributed by atoms with Gasteiger partial charge in [0.1, 0.15) is 5.75 Å². The van der Waals surface area contributed by atoms with E-state index in [1.165, 1.54) is 11.8 Å². The normalized spacial score (nSPS) is 10.7. The zero-order valence-electron chi connectivity index (χ0n) is 17.6. The van der Waals surface area contributed by atoms with Crippen molar-refractivity contribution >= 4 is 17.7 Å². The lowest BCUT2D eigenvalue weighted by Crippen LogP contribution is -2.24. The van der Waals surface area contributed by atoms with Crippen molar-refractivity contribution in [3.05, 3.63) is 90.3 Å². The predicted molar refractivity (Wildman–Crippen MR) is 124 cm³/mol. The van der Waals surface area contributed by atoms with Crippen molar-refractivity contribution in [2.45, 2.75) is 18.2 Å². The highest BCUT2D eigenvalue weighted by atomic mass is 32.2. The Labute approximate surface area is 190 Å². The van der Waals surface area contributed by atoms with E-state index in [1.807, 2.05) is 59.2 Å². The first-order chi connectivity index (χ1) is 15.7. The molecule has 0 aliphatic carbocycles. The number of carbonyl (C=O) groups excluding carboxylic acids is 1. The number of aromatic nitrogens is 4. The van der Waals surface area contributed by atoms with E-state index in [-0.39, 0.29) is 11.7 Å². The van der Waals surface area contributed by atoms with Gasteiger partial charge in [-0.1, -0.05) is 54.2 Å². The largest absolute Gasteiger partial charge is 0.497 e. The molecule has 7 nitrogen and oxygen atoms in total. The second-order valence-corrected chi connectivity index (χ2v) is 7.98. The molecule has 1 N–H and O–H groups in total. The van der Waals surface area contributed by atoms with E-state index < -0.39 is 0 Å². The Morgan fingerprint density at radius 3 is 2.66 bits per heavy atom. The van der Waals surface area contributed by atoms with E-state index >= 15 is 0 Å². The molecule has 162 valence electrons. The van der Waals surface area contributed by atoms with Crippen molar-refractivity contribution in [2.24, 2.45) is 0 Å².